The van der Waals surface area contributed by atoms with E-state index in [9.17, 15) is 0 Å². The van der Waals surface area contributed by atoms with Gasteiger partial charge in [0.15, 0.2) is 0 Å². The lowest BCUT2D eigenvalue weighted by Gasteiger charge is -2.04. The zero-order valence-electron chi connectivity index (χ0n) is 11.9. The van der Waals surface area contributed by atoms with Crippen molar-refractivity contribution in [1.29, 1.82) is 0 Å². The van der Waals surface area contributed by atoms with Gasteiger partial charge in [0.05, 0.1) is 11.9 Å². The molecule has 0 saturated carbocycles. The normalized spacial score (nSPS) is 10.5. The highest BCUT2D eigenvalue weighted by molar-refractivity contribution is 5.80. The van der Waals surface area contributed by atoms with E-state index in [0.717, 1.165) is 17.0 Å². The predicted octanol–water partition coefficient (Wildman–Crippen LogP) is 4.32. The van der Waals surface area contributed by atoms with Crippen molar-refractivity contribution in [2.24, 2.45) is 5.10 Å². The molecule has 0 unspecified atom stereocenters. The Bertz CT molecular complexity index is 743. The second-order valence-electron chi connectivity index (χ2n) is 4.58. The Kier molecular flexibility index (Phi) is 4.42. The van der Waals surface area contributed by atoms with Gasteiger partial charge in [-0.15, -0.1) is 0 Å². The predicted molar refractivity (Wildman–Crippen MR) is 88.4 cm³/mol. The van der Waals surface area contributed by atoms with Gasteiger partial charge in [-0.1, -0.05) is 36.4 Å². The van der Waals surface area contributed by atoms with Crippen molar-refractivity contribution in [3.63, 3.8) is 0 Å². The van der Waals surface area contributed by atoms with Crippen LogP contribution in [0.1, 0.15) is 5.56 Å². The summed E-state index contributed by atoms with van der Waals surface area (Å²) in [7, 11) is 0. The van der Waals surface area contributed by atoms with Gasteiger partial charge in [0.1, 0.15) is 5.75 Å². The van der Waals surface area contributed by atoms with Gasteiger partial charge in [-0.3, -0.25) is 5.43 Å². The lowest BCUT2D eigenvalue weighted by Crippen LogP contribution is -1.91. The second kappa shape index (κ2) is 7.04. The van der Waals surface area contributed by atoms with Crippen LogP contribution in [0, 0.1) is 0 Å². The van der Waals surface area contributed by atoms with E-state index in [1.54, 1.807) is 12.4 Å². The van der Waals surface area contributed by atoms with Crippen molar-refractivity contribution in [2.45, 2.75) is 0 Å². The second-order valence-corrected chi connectivity index (χ2v) is 4.58. The van der Waals surface area contributed by atoms with Crippen LogP contribution < -0.4 is 10.2 Å². The Morgan fingerprint density at radius 3 is 2.59 bits per heavy atom. The zero-order chi connectivity index (χ0) is 15.0. The molecular weight excluding hydrogens is 274 g/mol. The Hall–Kier alpha value is -3.14. The number of hydrogen-bond donors (Lipinski definition) is 1. The third-order valence-electron chi connectivity index (χ3n) is 2.90. The van der Waals surface area contributed by atoms with Gasteiger partial charge in [0, 0.05) is 12.3 Å². The third-order valence-corrected chi connectivity index (χ3v) is 2.90. The van der Waals surface area contributed by atoms with Crippen LogP contribution in [0.3, 0.4) is 0 Å². The van der Waals surface area contributed by atoms with Gasteiger partial charge in [-0.05, 0) is 35.9 Å². The summed E-state index contributed by atoms with van der Waals surface area (Å²) >= 11 is 0. The number of rotatable bonds is 5. The summed E-state index contributed by atoms with van der Waals surface area (Å²) < 4.78 is 5.69. The maximum Gasteiger partial charge on any atom is 0.219 e. The molecule has 0 amide bonds. The summed E-state index contributed by atoms with van der Waals surface area (Å²) in [5, 5.41) is 4.21. The Morgan fingerprint density at radius 2 is 1.77 bits per heavy atom. The molecule has 22 heavy (non-hydrogen) atoms. The first-order chi connectivity index (χ1) is 10.9. The molecule has 0 atom stereocenters. The minimum absolute atomic E-state index is 0.569. The van der Waals surface area contributed by atoms with Crippen molar-refractivity contribution in [3.8, 4) is 11.6 Å². The van der Waals surface area contributed by atoms with Crippen molar-refractivity contribution >= 4 is 11.9 Å². The molecule has 2 aromatic carbocycles. The first-order valence-corrected chi connectivity index (χ1v) is 6.93. The number of aromatic nitrogens is 1. The minimum atomic E-state index is 0.569. The SMILES string of the molecule is C(=NNc1ccccc1)c1cccc(Oc2ccccn2)c1. The number of nitrogens with zero attached hydrogens (tertiary/aromatic N) is 2. The molecule has 0 aliphatic carbocycles. The van der Waals surface area contributed by atoms with Crippen LogP contribution in [-0.2, 0) is 0 Å². The number of hydrazone groups is 1. The van der Waals surface area contributed by atoms with E-state index in [4.69, 9.17) is 4.74 Å². The molecule has 1 heterocycles. The quantitative estimate of drug-likeness (QED) is 0.562. The average molecular weight is 289 g/mol. The maximum atomic E-state index is 5.69. The molecule has 0 aliphatic rings. The zero-order valence-corrected chi connectivity index (χ0v) is 11.9. The average Bonchev–Trinajstić information content (AvgIpc) is 2.57. The highest BCUT2D eigenvalue weighted by Gasteiger charge is 1.98. The van der Waals surface area contributed by atoms with E-state index in [1.165, 1.54) is 0 Å². The molecule has 108 valence electrons. The van der Waals surface area contributed by atoms with E-state index in [-0.39, 0.29) is 0 Å². The van der Waals surface area contributed by atoms with E-state index in [0.29, 0.717) is 5.88 Å². The van der Waals surface area contributed by atoms with E-state index in [1.807, 2.05) is 72.8 Å². The molecule has 0 spiro atoms. The number of hydrogen-bond acceptors (Lipinski definition) is 4. The first kappa shape index (κ1) is 13.8. The molecule has 4 heteroatoms. The van der Waals surface area contributed by atoms with Gasteiger partial charge in [-0.25, -0.2) is 4.98 Å². The van der Waals surface area contributed by atoms with Crippen molar-refractivity contribution in [2.75, 3.05) is 5.43 Å². The summed E-state index contributed by atoms with van der Waals surface area (Å²) in [6.07, 6.45) is 3.45. The third kappa shape index (κ3) is 3.93. The van der Waals surface area contributed by atoms with Gasteiger partial charge < -0.3 is 4.74 Å². The summed E-state index contributed by atoms with van der Waals surface area (Å²) in [5.41, 5.74) is 4.86. The van der Waals surface area contributed by atoms with Crippen LogP contribution in [0.5, 0.6) is 11.6 Å². The Balaban J connectivity index is 1.66. The lowest BCUT2D eigenvalue weighted by atomic mass is 10.2. The maximum absolute atomic E-state index is 5.69. The topological polar surface area (TPSA) is 46.5 Å². The molecule has 0 radical (unpaired) electrons. The van der Waals surface area contributed by atoms with Crippen molar-refractivity contribution in [1.82, 2.24) is 4.98 Å². The molecule has 1 N–H and O–H groups in total. The van der Waals surface area contributed by atoms with E-state index in [2.05, 4.69) is 15.5 Å². The fraction of sp³-hybridized carbons (Fsp3) is 0. The summed E-state index contributed by atoms with van der Waals surface area (Å²) in [6.45, 7) is 0. The van der Waals surface area contributed by atoms with Crippen LogP contribution in [-0.4, -0.2) is 11.2 Å². The van der Waals surface area contributed by atoms with Gasteiger partial charge in [0.25, 0.3) is 0 Å². The molecule has 3 rings (SSSR count). The largest absolute Gasteiger partial charge is 0.439 e. The van der Waals surface area contributed by atoms with Crippen molar-refractivity contribution in [3.05, 3.63) is 84.6 Å². The Morgan fingerprint density at radius 1 is 0.909 bits per heavy atom. The molecule has 0 fully saturated rings. The monoisotopic (exact) mass is 289 g/mol. The number of nitrogens with one attached hydrogen (secondary N) is 1. The standard InChI is InChI=1S/C18H15N3O/c1-2-8-16(9-3-1)21-20-14-15-7-6-10-17(13-15)22-18-11-4-5-12-19-18/h1-14,21H. The van der Waals surface area contributed by atoms with Crippen molar-refractivity contribution < 1.29 is 4.74 Å². The molecule has 0 saturated heterocycles. The van der Waals surface area contributed by atoms with Crippen LogP contribution in [0.2, 0.25) is 0 Å². The van der Waals surface area contributed by atoms with E-state index < -0.39 is 0 Å². The summed E-state index contributed by atoms with van der Waals surface area (Å²) in [6, 6.07) is 23.0. The highest BCUT2D eigenvalue weighted by atomic mass is 16.5. The lowest BCUT2D eigenvalue weighted by molar-refractivity contribution is 0.463. The molecule has 0 bridgehead atoms. The smallest absolute Gasteiger partial charge is 0.219 e. The number of pyridine rings is 1. The molecule has 3 aromatic rings. The number of benzene rings is 2. The molecular formula is C18H15N3O. The summed E-state index contributed by atoms with van der Waals surface area (Å²) in [5.74, 6) is 1.29. The summed E-state index contributed by atoms with van der Waals surface area (Å²) in [4.78, 5) is 4.14. The van der Waals surface area contributed by atoms with Gasteiger partial charge in [0.2, 0.25) is 5.88 Å². The van der Waals surface area contributed by atoms with Gasteiger partial charge >= 0.3 is 0 Å². The highest BCUT2D eigenvalue weighted by Crippen LogP contribution is 2.19. The molecule has 4 nitrogen and oxygen atoms in total. The van der Waals surface area contributed by atoms with Crippen LogP contribution in [0.4, 0.5) is 5.69 Å². The Labute approximate surface area is 129 Å². The fourth-order valence-corrected chi connectivity index (χ4v) is 1.88. The van der Waals surface area contributed by atoms with Gasteiger partial charge in [-0.2, -0.15) is 5.10 Å². The van der Waals surface area contributed by atoms with Crippen LogP contribution in [0.25, 0.3) is 0 Å². The molecule has 1 aromatic heterocycles. The molecule has 0 aliphatic heterocycles. The number of ether oxygens (including phenoxy) is 1. The first-order valence-electron chi connectivity index (χ1n) is 6.93. The van der Waals surface area contributed by atoms with Crippen LogP contribution >= 0.6 is 0 Å². The number of anilines is 1. The number of para-hydroxylation sites is 1. The minimum Gasteiger partial charge on any atom is -0.439 e. The van der Waals surface area contributed by atoms with E-state index >= 15 is 0 Å². The fourth-order valence-electron chi connectivity index (χ4n) is 1.88. The van der Waals surface area contributed by atoms with Crippen LogP contribution in [0.15, 0.2) is 84.1 Å².